The highest BCUT2D eigenvalue weighted by Crippen LogP contribution is 2.17. The number of rotatable bonds is 2. The van der Waals surface area contributed by atoms with Crippen LogP contribution in [0.5, 0.6) is 0 Å². The number of ether oxygens (including phenoxy) is 1. The molecule has 1 aliphatic rings. The van der Waals surface area contributed by atoms with Crippen LogP contribution in [0.15, 0.2) is 0 Å². The van der Waals surface area contributed by atoms with Gasteiger partial charge in [0.15, 0.2) is 0 Å². The second-order valence-electron chi connectivity index (χ2n) is 3.15. The number of carbonyl (C=O) groups excluding carboxylic acids is 2. The minimum atomic E-state index is -0.409. The highest BCUT2D eigenvalue weighted by Gasteiger charge is 2.29. The lowest BCUT2D eigenvalue weighted by atomic mass is 9.92. The van der Waals surface area contributed by atoms with Gasteiger partial charge in [-0.2, -0.15) is 0 Å². The average Bonchev–Trinajstić information content (AvgIpc) is 2.17. The Bertz CT molecular complexity index is 217. The largest absolute Gasteiger partial charge is 0.469 e. The number of primary amides is 1. The molecule has 1 amide bonds. The summed E-state index contributed by atoms with van der Waals surface area (Å²) in [5.41, 5.74) is 5.12. The highest BCUT2D eigenvalue weighted by atomic mass is 16.5. The SMILES string of the molecule is COC(=O)C1CCNC(C(N)=O)C1. The van der Waals surface area contributed by atoms with Crippen LogP contribution in [0.4, 0.5) is 0 Å². The first-order valence-corrected chi connectivity index (χ1v) is 4.25. The van der Waals surface area contributed by atoms with E-state index in [0.717, 1.165) is 0 Å². The molecule has 1 fully saturated rings. The Hall–Kier alpha value is -1.10. The number of hydrogen-bond acceptors (Lipinski definition) is 4. The molecular formula is C8H14N2O3. The molecule has 5 nitrogen and oxygen atoms in total. The summed E-state index contributed by atoms with van der Waals surface area (Å²) < 4.78 is 4.60. The van der Waals surface area contributed by atoms with Crippen LogP contribution >= 0.6 is 0 Å². The minimum Gasteiger partial charge on any atom is -0.469 e. The maximum absolute atomic E-state index is 11.1. The van der Waals surface area contributed by atoms with E-state index in [2.05, 4.69) is 10.1 Å². The van der Waals surface area contributed by atoms with Crippen molar-refractivity contribution in [3.8, 4) is 0 Å². The maximum Gasteiger partial charge on any atom is 0.308 e. The van der Waals surface area contributed by atoms with Crippen molar-refractivity contribution in [2.45, 2.75) is 18.9 Å². The van der Waals surface area contributed by atoms with Gasteiger partial charge in [0.2, 0.25) is 5.91 Å². The first-order chi connectivity index (χ1) is 6.15. The van der Waals surface area contributed by atoms with E-state index in [4.69, 9.17) is 5.73 Å². The summed E-state index contributed by atoms with van der Waals surface area (Å²) in [6.07, 6.45) is 1.15. The number of carbonyl (C=O) groups is 2. The first-order valence-electron chi connectivity index (χ1n) is 4.25. The number of nitrogens with one attached hydrogen (secondary N) is 1. The predicted molar refractivity (Wildman–Crippen MR) is 45.7 cm³/mol. The summed E-state index contributed by atoms with van der Waals surface area (Å²) in [5.74, 6) is -0.856. The second kappa shape index (κ2) is 4.23. The molecule has 1 saturated heterocycles. The smallest absolute Gasteiger partial charge is 0.308 e. The van der Waals surface area contributed by atoms with Gasteiger partial charge in [0.05, 0.1) is 19.1 Å². The molecule has 0 bridgehead atoms. The summed E-state index contributed by atoms with van der Waals surface area (Å²) in [6.45, 7) is 0.632. The molecule has 2 unspecified atom stereocenters. The molecule has 1 aliphatic heterocycles. The highest BCUT2D eigenvalue weighted by molar-refractivity contribution is 5.81. The molecule has 3 N–H and O–H groups in total. The summed E-state index contributed by atoms with van der Waals surface area (Å²) in [5, 5.41) is 2.95. The van der Waals surface area contributed by atoms with E-state index in [0.29, 0.717) is 19.4 Å². The summed E-state index contributed by atoms with van der Waals surface area (Å²) >= 11 is 0. The van der Waals surface area contributed by atoms with Crippen molar-refractivity contribution in [1.29, 1.82) is 0 Å². The molecule has 0 aromatic rings. The number of nitrogens with two attached hydrogens (primary N) is 1. The monoisotopic (exact) mass is 186 g/mol. The zero-order chi connectivity index (χ0) is 9.84. The average molecular weight is 186 g/mol. The summed E-state index contributed by atoms with van der Waals surface area (Å²) in [4.78, 5) is 22.0. The van der Waals surface area contributed by atoms with Gasteiger partial charge in [-0.15, -0.1) is 0 Å². The standard InChI is InChI=1S/C8H14N2O3/c1-13-8(12)5-2-3-10-6(4-5)7(9)11/h5-6,10H,2-4H2,1H3,(H2,9,11). The van der Waals surface area contributed by atoms with Crippen molar-refractivity contribution in [3.63, 3.8) is 0 Å². The third kappa shape index (κ3) is 2.42. The van der Waals surface area contributed by atoms with Crippen LogP contribution in [0.25, 0.3) is 0 Å². The van der Waals surface area contributed by atoms with E-state index in [1.54, 1.807) is 0 Å². The molecule has 0 aliphatic carbocycles. The predicted octanol–water partition coefficient (Wildman–Crippen LogP) is -0.987. The van der Waals surface area contributed by atoms with Crippen molar-refractivity contribution in [1.82, 2.24) is 5.32 Å². The van der Waals surface area contributed by atoms with E-state index in [1.807, 2.05) is 0 Å². The van der Waals surface area contributed by atoms with Crippen molar-refractivity contribution >= 4 is 11.9 Å². The van der Waals surface area contributed by atoms with Crippen LogP contribution in [0.1, 0.15) is 12.8 Å². The lowest BCUT2D eigenvalue weighted by Gasteiger charge is -2.26. The van der Waals surface area contributed by atoms with E-state index in [-0.39, 0.29) is 11.9 Å². The van der Waals surface area contributed by atoms with Crippen LogP contribution < -0.4 is 11.1 Å². The van der Waals surface area contributed by atoms with E-state index in [1.165, 1.54) is 7.11 Å². The number of amides is 1. The Kier molecular flexibility index (Phi) is 3.25. The van der Waals surface area contributed by atoms with Crippen LogP contribution in [0.2, 0.25) is 0 Å². The zero-order valence-electron chi connectivity index (χ0n) is 7.58. The molecule has 5 heteroatoms. The number of piperidine rings is 1. The Balaban J connectivity index is 2.51. The molecule has 13 heavy (non-hydrogen) atoms. The maximum atomic E-state index is 11.1. The first kappa shape index (κ1) is 9.98. The molecule has 1 rings (SSSR count). The molecule has 2 atom stereocenters. The molecule has 1 heterocycles. The molecule has 0 radical (unpaired) electrons. The van der Waals surface area contributed by atoms with Crippen LogP contribution in [-0.4, -0.2) is 31.6 Å². The van der Waals surface area contributed by atoms with Gasteiger partial charge in [-0.25, -0.2) is 0 Å². The van der Waals surface area contributed by atoms with Gasteiger partial charge in [-0.1, -0.05) is 0 Å². The molecule has 0 aromatic carbocycles. The van der Waals surface area contributed by atoms with Gasteiger partial charge >= 0.3 is 5.97 Å². The number of hydrogen-bond donors (Lipinski definition) is 2. The fraction of sp³-hybridized carbons (Fsp3) is 0.750. The van der Waals surface area contributed by atoms with E-state index in [9.17, 15) is 9.59 Å². The van der Waals surface area contributed by atoms with Gasteiger partial charge in [0, 0.05) is 0 Å². The van der Waals surface area contributed by atoms with Crippen LogP contribution in [0.3, 0.4) is 0 Å². The molecule has 0 aromatic heterocycles. The van der Waals surface area contributed by atoms with Crippen molar-refractivity contribution in [2.24, 2.45) is 11.7 Å². The fourth-order valence-electron chi connectivity index (χ4n) is 1.51. The normalized spacial score (nSPS) is 28.1. The Morgan fingerprint density at radius 2 is 2.23 bits per heavy atom. The van der Waals surface area contributed by atoms with Crippen LogP contribution in [-0.2, 0) is 14.3 Å². The van der Waals surface area contributed by atoms with Crippen molar-refractivity contribution < 1.29 is 14.3 Å². The second-order valence-corrected chi connectivity index (χ2v) is 3.15. The lowest BCUT2D eigenvalue weighted by molar-refractivity contribution is -0.146. The van der Waals surface area contributed by atoms with Gasteiger partial charge < -0.3 is 15.8 Å². The van der Waals surface area contributed by atoms with Crippen LogP contribution in [0, 0.1) is 5.92 Å². The summed E-state index contributed by atoms with van der Waals surface area (Å²) in [7, 11) is 1.35. The number of esters is 1. The third-order valence-corrected chi connectivity index (χ3v) is 2.28. The minimum absolute atomic E-state index is 0.191. The number of methoxy groups -OCH3 is 1. The van der Waals surface area contributed by atoms with Crippen molar-refractivity contribution in [3.05, 3.63) is 0 Å². The summed E-state index contributed by atoms with van der Waals surface area (Å²) in [6, 6.07) is -0.391. The van der Waals surface area contributed by atoms with Gasteiger partial charge in [-0.3, -0.25) is 9.59 Å². The lowest BCUT2D eigenvalue weighted by Crippen LogP contribution is -2.48. The molecule has 0 spiro atoms. The Morgan fingerprint density at radius 3 is 2.77 bits per heavy atom. The van der Waals surface area contributed by atoms with E-state index >= 15 is 0 Å². The van der Waals surface area contributed by atoms with E-state index < -0.39 is 11.9 Å². The quantitative estimate of drug-likeness (QED) is 0.543. The van der Waals surface area contributed by atoms with Crippen molar-refractivity contribution in [2.75, 3.05) is 13.7 Å². The van der Waals surface area contributed by atoms with Gasteiger partial charge in [-0.05, 0) is 19.4 Å². The zero-order valence-corrected chi connectivity index (χ0v) is 7.58. The molecule has 0 saturated carbocycles. The fourth-order valence-corrected chi connectivity index (χ4v) is 1.51. The molecule has 74 valence electrons. The van der Waals surface area contributed by atoms with Gasteiger partial charge in [0.25, 0.3) is 0 Å². The van der Waals surface area contributed by atoms with Gasteiger partial charge in [0.1, 0.15) is 0 Å². The molecular weight excluding hydrogens is 172 g/mol. The Morgan fingerprint density at radius 1 is 1.54 bits per heavy atom. The third-order valence-electron chi connectivity index (χ3n) is 2.28. The topological polar surface area (TPSA) is 81.4 Å². The Labute approximate surface area is 76.6 Å².